The van der Waals surface area contributed by atoms with Gasteiger partial charge in [0, 0.05) is 19.2 Å². The van der Waals surface area contributed by atoms with E-state index in [0.717, 1.165) is 5.56 Å². The molecule has 5 heteroatoms. The molecule has 2 atom stereocenters. The number of nitrogens with zero attached hydrogens (tertiary/aromatic N) is 1. The van der Waals surface area contributed by atoms with Gasteiger partial charge in [-0.15, -0.1) is 0 Å². The van der Waals surface area contributed by atoms with Crippen LogP contribution in [0.5, 0.6) is 0 Å². The van der Waals surface area contributed by atoms with E-state index in [-0.39, 0.29) is 24.4 Å². The van der Waals surface area contributed by atoms with E-state index in [1.807, 2.05) is 37.3 Å². The van der Waals surface area contributed by atoms with Gasteiger partial charge in [0.05, 0.1) is 5.92 Å². The second-order valence-electron chi connectivity index (χ2n) is 4.31. The van der Waals surface area contributed by atoms with Crippen LogP contribution in [0.3, 0.4) is 0 Å². The maximum Gasteiger partial charge on any atom is 0.147 e. The topological polar surface area (TPSA) is 90.9 Å². The number of amidine groups is 1. The molecule has 1 rings (SSSR count). The molecule has 0 fully saturated rings. The van der Waals surface area contributed by atoms with Crippen LogP contribution in [0.15, 0.2) is 35.5 Å². The molecule has 0 aliphatic carbocycles. The zero-order chi connectivity index (χ0) is 13.4. The molecule has 0 aromatic heterocycles. The lowest BCUT2D eigenvalue weighted by molar-refractivity contribution is 0.268. The molecular weight excluding hydrogens is 230 g/mol. The Morgan fingerprint density at radius 2 is 2.06 bits per heavy atom. The van der Waals surface area contributed by atoms with Crippen LogP contribution in [-0.4, -0.2) is 35.3 Å². The third kappa shape index (κ3) is 4.35. The van der Waals surface area contributed by atoms with Gasteiger partial charge in [0.1, 0.15) is 5.84 Å². The average Bonchev–Trinajstić information content (AvgIpc) is 2.40. The van der Waals surface area contributed by atoms with Gasteiger partial charge in [0.2, 0.25) is 0 Å². The predicted molar refractivity (Wildman–Crippen MR) is 71.8 cm³/mol. The summed E-state index contributed by atoms with van der Waals surface area (Å²) in [6.07, 6.45) is 0.678. The van der Waals surface area contributed by atoms with Crippen LogP contribution in [0, 0.1) is 0 Å². The highest BCUT2D eigenvalue weighted by atomic mass is 16.4. The summed E-state index contributed by atoms with van der Waals surface area (Å²) in [4.78, 5) is 0. The molecule has 0 heterocycles. The van der Waals surface area contributed by atoms with Crippen molar-refractivity contribution in [2.45, 2.75) is 25.3 Å². The molecule has 18 heavy (non-hydrogen) atoms. The Balaban J connectivity index is 2.69. The number of hydrogen-bond donors (Lipinski definition) is 4. The van der Waals surface area contributed by atoms with Gasteiger partial charge >= 0.3 is 0 Å². The Kier molecular flexibility index (Phi) is 6.18. The van der Waals surface area contributed by atoms with Gasteiger partial charge < -0.3 is 21.4 Å². The maximum absolute atomic E-state index is 8.85. The van der Waals surface area contributed by atoms with Crippen LogP contribution in [0.1, 0.15) is 24.8 Å². The Morgan fingerprint density at radius 3 is 2.61 bits per heavy atom. The molecule has 0 amide bonds. The SMILES string of the molecule is CC(CCO)NCC(/C(N)=N/O)c1ccccc1. The Hall–Kier alpha value is -1.59. The highest BCUT2D eigenvalue weighted by molar-refractivity contribution is 5.87. The number of nitrogens with two attached hydrogens (primary N) is 1. The van der Waals surface area contributed by atoms with Crippen LogP contribution >= 0.6 is 0 Å². The predicted octanol–water partition coefficient (Wildman–Crippen LogP) is 0.877. The molecule has 5 nitrogen and oxygen atoms in total. The minimum absolute atomic E-state index is 0.147. The zero-order valence-corrected chi connectivity index (χ0v) is 10.6. The van der Waals surface area contributed by atoms with Gasteiger partial charge in [0.15, 0.2) is 0 Å². The van der Waals surface area contributed by atoms with Crippen molar-refractivity contribution in [3.63, 3.8) is 0 Å². The van der Waals surface area contributed by atoms with Crippen molar-refractivity contribution in [1.29, 1.82) is 0 Å². The van der Waals surface area contributed by atoms with Gasteiger partial charge in [-0.2, -0.15) is 0 Å². The summed E-state index contributed by atoms with van der Waals surface area (Å²) in [5.74, 6) is 0.0160. The quantitative estimate of drug-likeness (QED) is 0.250. The van der Waals surface area contributed by atoms with Crippen LogP contribution < -0.4 is 11.1 Å². The minimum Gasteiger partial charge on any atom is -0.409 e. The normalized spacial score (nSPS) is 15.3. The molecule has 2 unspecified atom stereocenters. The molecule has 1 aromatic rings. The molecule has 1 aromatic carbocycles. The van der Waals surface area contributed by atoms with Gasteiger partial charge in [0.25, 0.3) is 0 Å². The lowest BCUT2D eigenvalue weighted by Crippen LogP contribution is -2.36. The molecular formula is C13H21N3O2. The molecule has 0 radical (unpaired) electrons. The van der Waals surface area contributed by atoms with Gasteiger partial charge in [-0.25, -0.2) is 0 Å². The fourth-order valence-corrected chi connectivity index (χ4v) is 1.76. The molecule has 0 saturated heterocycles. The Labute approximate surface area is 107 Å². The molecule has 0 bridgehead atoms. The summed E-state index contributed by atoms with van der Waals surface area (Å²) in [6.45, 7) is 2.71. The summed E-state index contributed by atoms with van der Waals surface area (Å²) in [7, 11) is 0. The molecule has 100 valence electrons. The third-order valence-electron chi connectivity index (χ3n) is 2.91. The van der Waals surface area contributed by atoms with Crippen molar-refractivity contribution in [1.82, 2.24) is 5.32 Å². The smallest absolute Gasteiger partial charge is 0.147 e. The highest BCUT2D eigenvalue weighted by Crippen LogP contribution is 2.15. The Bertz CT molecular complexity index is 368. The first-order valence-electron chi connectivity index (χ1n) is 6.05. The van der Waals surface area contributed by atoms with Crippen molar-refractivity contribution in [2.75, 3.05) is 13.2 Å². The van der Waals surface area contributed by atoms with Gasteiger partial charge in [-0.05, 0) is 18.9 Å². The zero-order valence-electron chi connectivity index (χ0n) is 10.6. The van der Waals surface area contributed by atoms with Gasteiger partial charge in [-0.1, -0.05) is 35.5 Å². The van der Waals surface area contributed by atoms with Crippen LogP contribution in [-0.2, 0) is 0 Å². The fraction of sp³-hybridized carbons (Fsp3) is 0.462. The van der Waals surface area contributed by atoms with Crippen molar-refractivity contribution in [3.05, 3.63) is 35.9 Å². The van der Waals surface area contributed by atoms with Crippen molar-refractivity contribution >= 4 is 5.84 Å². The number of rotatable bonds is 7. The third-order valence-corrected chi connectivity index (χ3v) is 2.91. The van der Waals surface area contributed by atoms with Crippen LogP contribution in [0.25, 0.3) is 0 Å². The van der Waals surface area contributed by atoms with Crippen LogP contribution in [0.2, 0.25) is 0 Å². The summed E-state index contributed by atoms with van der Waals surface area (Å²) in [6, 6.07) is 9.85. The van der Waals surface area contributed by atoms with E-state index >= 15 is 0 Å². The average molecular weight is 251 g/mol. The summed E-state index contributed by atoms with van der Waals surface area (Å²) in [5.41, 5.74) is 6.72. The molecule has 0 saturated carbocycles. The van der Waals surface area contributed by atoms with Crippen molar-refractivity contribution in [3.8, 4) is 0 Å². The molecule has 0 spiro atoms. The number of hydrogen-bond acceptors (Lipinski definition) is 4. The maximum atomic E-state index is 8.85. The number of aliphatic hydroxyl groups excluding tert-OH is 1. The molecule has 0 aliphatic rings. The second-order valence-corrected chi connectivity index (χ2v) is 4.31. The van der Waals surface area contributed by atoms with Crippen LogP contribution in [0.4, 0.5) is 0 Å². The first kappa shape index (κ1) is 14.5. The lowest BCUT2D eigenvalue weighted by Gasteiger charge is -2.19. The molecule has 0 aliphatic heterocycles. The standard InChI is InChI=1S/C13H21N3O2/c1-10(7-8-17)15-9-12(13(14)16-18)11-5-3-2-4-6-11/h2-6,10,12,15,17-18H,7-9H2,1H3,(H2,14,16). The molecule has 5 N–H and O–H groups in total. The van der Waals surface area contributed by atoms with E-state index in [9.17, 15) is 0 Å². The van der Waals surface area contributed by atoms with E-state index in [1.165, 1.54) is 0 Å². The minimum atomic E-state index is -0.169. The van der Waals surface area contributed by atoms with E-state index in [2.05, 4.69) is 10.5 Å². The summed E-state index contributed by atoms with van der Waals surface area (Å²) >= 11 is 0. The van der Waals surface area contributed by atoms with E-state index in [1.54, 1.807) is 0 Å². The van der Waals surface area contributed by atoms with Gasteiger partial charge in [-0.3, -0.25) is 0 Å². The highest BCUT2D eigenvalue weighted by Gasteiger charge is 2.17. The van der Waals surface area contributed by atoms with Crippen molar-refractivity contribution < 1.29 is 10.3 Å². The van der Waals surface area contributed by atoms with E-state index in [4.69, 9.17) is 16.0 Å². The summed E-state index contributed by atoms with van der Waals surface area (Å²) in [5, 5.41) is 24.0. The van der Waals surface area contributed by atoms with Crippen molar-refractivity contribution in [2.24, 2.45) is 10.9 Å². The Morgan fingerprint density at radius 1 is 1.39 bits per heavy atom. The summed E-state index contributed by atoms with van der Waals surface area (Å²) < 4.78 is 0. The van der Waals surface area contributed by atoms with E-state index in [0.29, 0.717) is 13.0 Å². The monoisotopic (exact) mass is 251 g/mol. The first-order chi connectivity index (χ1) is 8.69. The largest absolute Gasteiger partial charge is 0.409 e. The number of nitrogens with one attached hydrogen (secondary N) is 1. The van der Waals surface area contributed by atoms with E-state index < -0.39 is 0 Å². The fourth-order valence-electron chi connectivity index (χ4n) is 1.76. The number of oxime groups is 1. The lowest BCUT2D eigenvalue weighted by atomic mass is 9.97. The number of benzene rings is 1. The second kappa shape index (κ2) is 7.68. The number of aliphatic hydroxyl groups is 1. The first-order valence-corrected chi connectivity index (χ1v) is 6.05.